The predicted octanol–water partition coefficient (Wildman–Crippen LogP) is 7.47. The van der Waals surface area contributed by atoms with Gasteiger partial charge in [-0.1, -0.05) is 24.3 Å². The van der Waals surface area contributed by atoms with Gasteiger partial charge in [-0.3, -0.25) is 4.98 Å². The van der Waals surface area contributed by atoms with Gasteiger partial charge in [-0.05, 0) is 117 Å². The van der Waals surface area contributed by atoms with E-state index in [-0.39, 0.29) is 17.8 Å². The molecular weight excluding hydrogens is 516 g/mol. The second-order valence-electron chi connectivity index (χ2n) is 10.0. The van der Waals surface area contributed by atoms with Crippen LogP contribution in [0, 0.1) is 20.8 Å². The Morgan fingerprint density at radius 2 is 1.55 bits per heavy atom. The number of pyridine rings is 1. The molecule has 3 aromatic carbocycles. The number of anilines is 1. The molecule has 1 aliphatic rings. The molecule has 3 heterocycles. The standard InChI is InChI=1S/C33H30N4O2S/c1-21-8-4-5-10-30(21)39-27-17-13-25(14-18-27)37-32(31(35-33(37)40)29-9-6-7-19-34-29)28-20-22(2)36(23(28)3)24-11-15-26(38)16-12-24/h4-20,31-32,38H,1-3H3,(H,35,40)/t31-,32+/m0/s1. The summed E-state index contributed by atoms with van der Waals surface area (Å²) in [4.78, 5) is 6.87. The molecule has 2 N–H and O–H groups in total. The van der Waals surface area contributed by atoms with Gasteiger partial charge >= 0.3 is 0 Å². The minimum absolute atomic E-state index is 0.136. The number of benzene rings is 3. The Morgan fingerprint density at radius 3 is 2.25 bits per heavy atom. The summed E-state index contributed by atoms with van der Waals surface area (Å²) < 4.78 is 8.36. The monoisotopic (exact) mass is 546 g/mol. The highest BCUT2D eigenvalue weighted by molar-refractivity contribution is 7.80. The number of phenolic OH excluding ortho intramolecular Hbond substituents is 1. The van der Waals surface area contributed by atoms with Crippen molar-refractivity contribution in [3.8, 4) is 22.9 Å². The third kappa shape index (κ3) is 4.69. The van der Waals surface area contributed by atoms with Crippen molar-refractivity contribution in [3.05, 3.63) is 131 Å². The van der Waals surface area contributed by atoms with Crippen molar-refractivity contribution in [3.63, 3.8) is 0 Å². The number of rotatable bonds is 6. The maximum absolute atomic E-state index is 9.83. The molecule has 200 valence electrons. The van der Waals surface area contributed by atoms with Gasteiger partial charge in [-0.25, -0.2) is 0 Å². The summed E-state index contributed by atoms with van der Waals surface area (Å²) in [5, 5.41) is 14.0. The number of hydrogen-bond acceptors (Lipinski definition) is 4. The highest BCUT2D eigenvalue weighted by Gasteiger charge is 2.42. The van der Waals surface area contributed by atoms with Crippen molar-refractivity contribution in [2.45, 2.75) is 32.9 Å². The summed E-state index contributed by atoms with van der Waals surface area (Å²) in [6.07, 6.45) is 1.82. The fourth-order valence-corrected chi connectivity index (χ4v) is 5.85. The van der Waals surface area contributed by atoms with E-state index in [0.717, 1.165) is 51.1 Å². The Labute approximate surface area is 239 Å². The van der Waals surface area contributed by atoms with Gasteiger partial charge in [0, 0.05) is 29.0 Å². The van der Waals surface area contributed by atoms with Crippen LogP contribution in [0.4, 0.5) is 5.69 Å². The molecule has 1 aliphatic heterocycles. The first kappa shape index (κ1) is 25.6. The summed E-state index contributed by atoms with van der Waals surface area (Å²) >= 11 is 5.94. The smallest absolute Gasteiger partial charge is 0.174 e. The molecular formula is C33H30N4O2S. The lowest BCUT2D eigenvalue weighted by atomic mass is 9.96. The van der Waals surface area contributed by atoms with E-state index in [0.29, 0.717) is 5.11 Å². The molecule has 2 aromatic heterocycles. The Bertz CT molecular complexity index is 1660. The number of aromatic hydroxyl groups is 1. The Morgan fingerprint density at radius 1 is 0.850 bits per heavy atom. The van der Waals surface area contributed by atoms with Crippen LogP contribution in [0.5, 0.6) is 17.2 Å². The molecule has 0 bridgehead atoms. The van der Waals surface area contributed by atoms with Crippen LogP contribution in [-0.2, 0) is 0 Å². The second-order valence-corrected chi connectivity index (χ2v) is 10.4. The maximum atomic E-state index is 9.83. The highest BCUT2D eigenvalue weighted by atomic mass is 32.1. The SMILES string of the molecule is Cc1ccccc1Oc1ccc(N2C(=S)N[C@@H](c3ccccn3)[C@H]2c2cc(C)n(-c3ccc(O)cc3)c2C)cc1. The minimum atomic E-state index is -0.148. The minimum Gasteiger partial charge on any atom is -0.508 e. The summed E-state index contributed by atoms with van der Waals surface area (Å²) in [5.41, 5.74) is 7.31. The second kappa shape index (κ2) is 10.5. The zero-order valence-corrected chi connectivity index (χ0v) is 23.4. The van der Waals surface area contributed by atoms with Crippen molar-refractivity contribution in [1.29, 1.82) is 0 Å². The molecule has 1 saturated heterocycles. The number of nitrogens with zero attached hydrogens (tertiary/aromatic N) is 3. The third-order valence-corrected chi connectivity index (χ3v) is 7.75. The van der Waals surface area contributed by atoms with Crippen molar-refractivity contribution in [2.24, 2.45) is 0 Å². The van der Waals surface area contributed by atoms with Crippen LogP contribution in [-0.4, -0.2) is 19.8 Å². The van der Waals surface area contributed by atoms with E-state index < -0.39 is 0 Å². The molecule has 0 amide bonds. The molecule has 0 spiro atoms. The van der Waals surface area contributed by atoms with E-state index in [1.54, 1.807) is 12.1 Å². The van der Waals surface area contributed by atoms with Crippen LogP contribution in [0.1, 0.15) is 40.3 Å². The average molecular weight is 547 g/mol. The molecule has 5 aromatic rings. The van der Waals surface area contributed by atoms with E-state index in [1.165, 1.54) is 0 Å². The van der Waals surface area contributed by atoms with Gasteiger partial charge in [0.1, 0.15) is 17.2 Å². The average Bonchev–Trinajstić information content (AvgIpc) is 3.46. The van der Waals surface area contributed by atoms with E-state index in [9.17, 15) is 5.11 Å². The molecule has 0 aliphatic carbocycles. The number of nitrogens with one attached hydrogen (secondary N) is 1. The lowest BCUT2D eigenvalue weighted by Gasteiger charge is -2.28. The van der Waals surface area contributed by atoms with Crippen LogP contribution in [0.15, 0.2) is 103 Å². The van der Waals surface area contributed by atoms with E-state index in [4.69, 9.17) is 21.9 Å². The molecule has 7 heteroatoms. The first-order valence-electron chi connectivity index (χ1n) is 13.2. The van der Waals surface area contributed by atoms with Crippen LogP contribution in [0.2, 0.25) is 0 Å². The van der Waals surface area contributed by atoms with Gasteiger partial charge in [0.15, 0.2) is 5.11 Å². The van der Waals surface area contributed by atoms with Crippen LogP contribution < -0.4 is 15.0 Å². The van der Waals surface area contributed by atoms with Gasteiger partial charge in [0.05, 0.1) is 17.8 Å². The van der Waals surface area contributed by atoms with E-state index in [2.05, 4.69) is 46.8 Å². The number of phenols is 1. The maximum Gasteiger partial charge on any atom is 0.174 e. The number of aryl methyl sites for hydroxylation is 2. The lowest BCUT2D eigenvalue weighted by molar-refractivity contribution is 0.475. The number of ether oxygens (including phenoxy) is 1. The van der Waals surface area contributed by atoms with Gasteiger partial charge in [0.2, 0.25) is 0 Å². The highest BCUT2D eigenvalue weighted by Crippen LogP contribution is 2.44. The van der Waals surface area contributed by atoms with Gasteiger partial charge in [-0.15, -0.1) is 0 Å². The van der Waals surface area contributed by atoms with Crippen LogP contribution >= 0.6 is 12.2 Å². The summed E-state index contributed by atoms with van der Waals surface area (Å²) in [6, 6.07) is 31.2. The molecule has 2 atom stereocenters. The van der Waals surface area contributed by atoms with Gasteiger partial charge in [-0.2, -0.15) is 0 Å². The Balaban J connectivity index is 1.41. The zero-order valence-electron chi connectivity index (χ0n) is 22.6. The molecule has 40 heavy (non-hydrogen) atoms. The van der Waals surface area contributed by atoms with Crippen molar-refractivity contribution in [1.82, 2.24) is 14.9 Å². The molecule has 6 rings (SSSR count). The van der Waals surface area contributed by atoms with Crippen molar-refractivity contribution >= 4 is 23.0 Å². The number of aromatic nitrogens is 2. The first-order valence-corrected chi connectivity index (χ1v) is 13.6. The topological polar surface area (TPSA) is 62.5 Å². The molecule has 0 unspecified atom stereocenters. The van der Waals surface area contributed by atoms with Crippen LogP contribution in [0.3, 0.4) is 0 Å². The third-order valence-electron chi connectivity index (χ3n) is 7.43. The molecule has 1 fully saturated rings. The van der Waals surface area contributed by atoms with Crippen LogP contribution in [0.25, 0.3) is 5.69 Å². The molecule has 0 radical (unpaired) electrons. The van der Waals surface area contributed by atoms with E-state index >= 15 is 0 Å². The van der Waals surface area contributed by atoms with Gasteiger partial charge < -0.3 is 24.6 Å². The fourth-order valence-electron chi connectivity index (χ4n) is 5.51. The number of hydrogen-bond donors (Lipinski definition) is 2. The molecule has 0 saturated carbocycles. The first-order chi connectivity index (χ1) is 19.4. The lowest BCUT2D eigenvalue weighted by Crippen LogP contribution is -2.29. The fraction of sp³-hybridized carbons (Fsp3) is 0.152. The summed E-state index contributed by atoms with van der Waals surface area (Å²) in [5.74, 6) is 1.84. The summed E-state index contributed by atoms with van der Waals surface area (Å²) in [6.45, 7) is 6.26. The quantitative estimate of drug-likeness (QED) is 0.215. The van der Waals surface area contributed by atoms with Gasteiger partial charge in [0.25, 0.3) is 0 Å². The number of thiocarbonyl (C=S) groups is 1. The van der Waals surface area contributed by atoms with Crippen molar-refractivity contribution in [2.75, 3.05) is 4.90 Å². The Hall–Kier alpha value is -4.62. The Kier molecular flexibility index (Phi) is 6.74. The predicted molar refractivity (Wildman–Crippen MR) is 163 cm³/mol. The van der Waals surface area contributed by atoms with Crippen molar-refractivity contribution < 1.29 is 9.84 Å². The van der Waals surface area contributed by atoms with E-state index in [1.807, 2.05) is 79.9 Å². The molecule has 6 nitrogen and oxygen atoms in total. The zero-order chi connectivity index (χ0) is 27.8. The largest absolute Gasteiger partial charge is 0.508 e. The number of para-hydroxylation sites is 1. The normalized spacial score (nSPS) is 16.7. The summed E-state index contributed by atoms with van der Waals surface area (Å²) in [7, 11) is 0.